The Hall–Kier alpha value is 0.310. The third kappa shape index (κ3) is 6.19. The lowest BCUT2D eigenvalue weighted by Gasteiger charge is -2.06. The zero-order chi connectivity index (χ0) is 7.11. The molecule has 4 heteroatoms. The number of rotatable bonds is 5. The molecule has 9 heavy (non-hydrogen) atoms. The van der Waals surface area contributed by atoms with Gasteiger partial charge in [0.2, 0.25) is 0 Å². The average Bonchev–Trinajstić information content (AvgIpc) is 1.89. The molecule has 0 rings (SSSR count). The van der Waals surface area contributed by atoms with Gasteiger partial charge in [-0.25, -0.2) is 0 Å². The smallest absolute Gasteiger partial charge is 0.182 e. The fourth-order valence-corrected chi connectivity index (χ4v) is 0.812. The summed E-state index contributed by atoms with van der Waals surface area (Å²) in [5, 5.41) is 0. The third-order valence-electron chi connectivity index (χ3n) is 0.894. The lowest BCUT2D eigenvalue weighted by molar-refractivity contribution is 0.303. The van der Waals surface area contributed by atoms with Crippen LogP contribution in [0.25, 0.3) is 0 Å². The second-order valence-electron chi connectivity index (χ2n) is 1.72. The molecule has 0 saturated heterocycles. The van der Waals surface area contributed by atoms with Crippen molar-refractivity contribution in [1.82, 2.24) is 0 Å². The van der Waals surface area contributed by atoms with Gasteiger partial charge in [0, 0.05) is 0 Å². The summed E-state index contributed by atoms with van der Waals surface area (Å²) in [7, 11) is -1.31. The van der Waals surface area contributed by atoms with E-state index in [0.717, 1.165) is 12.8 Å². The van der Waals surface area contributed by atoms with Crippen LogP contribution in [0.1, 0.15) is 19.8 Å². The highest BCUT2D eigenvalue weighted by atomic mass is 31.2. The van der Waals surface area contributed by atoms with Gasteiger partial charge < -0.3 is 15.2 Å². The van der Waals surface area contributed by atoms with Crippen molar-refractivity contribution in [1.29, 1.82) is 0 Å². The van der Waals surface area contributed by atoms with E-state index in [0.29, 0.717) is 6.61 Å². The highest BCUT2D eigenvalue weighted by Crippen LogP contribution is 2.27. The molecule has 0 bridgehead atoms. The summed E-state index contributed by atoms with van der Waals surface area (Å²) in [4.78, 5) is 8.80. The van der Waals surface area contributed by atoms with Crippen molar-refractivity contribution in [2.24, 2.45) is 5.73 Å². The zero-order valence-corrected chi connectivity index (χ0v) is 6.60. The second-order valence-corrected chi connectivity index (χ2v) is 3.05. The van der Waals surface area contributed by atoms with E-state index in [2.05, 4.69) is 6.92 Å². The lowest BCUT2D eigenvalue weighted by atomic mass is 10.4. The molecule has 0 aromatic rings. The van der Waals surface area contributed by atoms with Crippen LogP contribution >= 0.6 is 8.38 Å². The van der Waals surface area contributed by atoms with Crippen molar-refractivity contribution >= 4 is 8.38 Å². The first-order chi connectivity index (χ1) is 4.31. The summed E-state index contributed by atoms with van der Waals surface area (Å²) in [5.41, 5.74) is 5.11. The van der Waals surface area contributed by atoms with Crippen LogP contribution in [0, 0.1) is 0 Å². The maximum atomic E-state index is 8.80. The minimum atomic E-state index is -1.31. The Balaban J connectivity index is 2.88. The predicted molar refractivity (Wildman–Crippen MR) is 39.1 cm³/mol. The van der Waals surface area contributed by atoms with Crippen LogP contribution in [-0.2, 0) is 4.52 Å². The number of hydrogen-bond acceptors (Lipinski definition) is 3. The number of hydrogen-bond donors (Lipinski definition) is 2. The van der Waals surface area contributed by atoms with Gasteiger partial charge in [-0.1, -0.05) is 13.3 Å². The third-order valence-corrected chi connectivity index (χ3v) is 1.69. The van der Waals surface area contributed by atoms with Crippen molar-refractivity contribution in [2.45, 2.75) is 19.8 Å². The largest absolute Gasteiger partial charge is 0.349 e. The van der Waals surface area contributed by atoms with Crippen LogP contribution in [0.15, 0.2) is 0 Å². The van der Waals surface area contributed by atoms with Gasteiger partial charge >= 0.3 is 0 Å². The normalized spacial score (nSPS) is 13.7. The molecule has 0 radical (unpaired) electrons. The Labute approximate surface area is 57.1 Å². The van der Waals surface area contributed by atoms with Crippen LogP contribution in [-0.4, -0.2) is 17.8 Å². The first-order valence-corrected chi connectivity index (χ1v) is 4.50. The van der Waals surface area contributed by atoms with E-state index in [-0.39, 0.29) is 6.29 Å². The first-order valence-electron chi connectivity index (χ1n) is 3.10. The Bertz CT molecular complexity index is 62.9. The Morgan fingerprint density at radius 1 is 1.67 bits per heavy atom. The maximum absolute atomic E-state index is 8.80. The molecule has 3 N–H and O–H groups in total. The van der Waals surface area contributed by atoms with Crippen molar-refractivity contribution in [3.63, 3.8) is 0 Å². The summed E-state index contributed by atoms with van der Waals surface area (Å²) in [6.07, 6.45) is 2.34. The van der Waals surface area contributed by atoms with Crippen molar-refractivity contribution in [3.05, 3.63) is 0 Å². The second kappa shape index (κ2) is 6.43. The molecule has 0 heterocycles. The van der Waals surface area contributed by atoms with Gasteiger partial charge in [-0.15, -0.1) is 0 Å². The fraction of sp³-hybridized carbons (Fsp3) is 1.00. The van der Waals surface area contributed by atoms with Crippen LogP contribution < -0.4 is 5.73 Å². The zero-order valence-electron chi connectivity index (χ0n) is 5.71. The standard InChI is InChI=1S/C5H14NO2P/c1-2-3-4-8-9(7)5-6/h7H,2-6H2,1H3. The minimum absolute atomic E-state index is 0.249. The van der Waals surface area contributed by atoms with E-state index in [1.54, 1.807) is 0 Å². The molecule has 0 fully saturated rings. The highest BCUT2D eigenvalue weighted by Gasteiger charge is 1.98. The Morgan fingerprint density at radius 3 is 2.78 bits per heavy atom. The van der Waals surface area contributed by atoms with Gasteiger partial charge in [0.1, 0.15) is 0 Å². The van der Waals surface area contributed by atoms with Crippen LogP contribution in [0.2, 0.25) is 0 Å². The van der Waals surface area contributed by atoms with Crippen LogP contribution in [0.4, 0.5) is 0 Å². The van der Waals surface area contributed by atoms with Gasteiger partial charge in [-0.2, -0.15) is 0 Å². The molecule has 0 spiro atoms. The van der Waals surface area contributed by atoms with Gasteiger partial charge in [0.15, 0.2) is 8.38 Å². The molecule has 56 valence electrons. The van der Waals surface area contributed by atoms with Gasteiger partial charge in [-0.05, 0) is 6.42 Å². The van der Waals surface area contributed by atoms with E-state index in [1.807, 2.05) is 0 Å². The SMILES string of the molecule is CCCCOP(O)CN. The highest BCUT2D eigenvalue weighted by molar-refractivity contribution is 7.46. The molecule has 0 aromatic carbocycles. The van der Waals surface area contributed by atoms with Crippen LogP contribution in [0.5, 0.6) is 0 Å². The summed E-state index contributed by atoms with van der Waals surface area (Å²) in [6.45, 7) is 2.71. The molecule has 3 nitrogen and oxygen atoms in total. The van der Waals surface area contributed by atoms with E-state index < -0.39 is 8.38 Å². The van der Waals surface area contributed by atoms with E-state index in [4.69, 9.17) is 15.2 Å². The monoisotopic (exact) mass is 151 g/mol. The Kier molecular flexibility index (Phi) is 6.65. The van der Waals surface area contributed by atoms with Gasteiger partial charge in [0.25, 0.3) is 0 Å². The summed E-state index contributed by atoms with van der Waals surface area (Å²) < 4.78 is 4.93. The molecule has 0 amide bonds. The van der Waals surface area contributed by atoms with Crippen LogP contribution in [0.3, 0.4) is 0 Å². The predicted octanol–water partition coefficient (Wildman–Crippen LogP) is 1.02. The first kappa shape index (κ1) is 9.31. The summed E-state index contributed by atoms with van der Waals surface area (Å²) in [5.74, 6) is 0. The molecule has 0 aliphatic rings. The molecule has 0 saturated carbocycles. The molecule has 1 atom stereocenters. The fourth-order valence-electron chi connectivity index (χ4n) is 0.367. The average molecular weight is 151 g/mol. The summed E-state index contributed by atoms with van der Waals surface area (Å²) >= 11 is 0. The molecular weight excluding hydrogens is 137 g/mol. The maximum Gasteiger partial charge on any atom is 0.182 e. The minimum Gasteiger partial charge on any atom is -0.349 e. The van der Waals surface area contributed by atoms with Gasteiger partial charge in [-0.3, -0.25) is 0 Å². The molecule has 0 aliphatic heterocycles. The quantitative estimate of drug-likeness (QED) is 0.455. The molecular formula is C5H14NO2P. The topological polar surface area (TPSA) is 55.5 Å². The molecule has 0 aromatic heterocycles. The van der Waals surface area contributed by atoms with E-state index in [9.17, 15) is 0 Å². The summed E-state index contributed by atoms with van der Waals surface area (Å²) in [6, 6.07) is 0. The van der Waals surface area contributed by atoms with Gasteiger partial charge in [0.05, 0.1) is 12.9 Å². The number of unbranched alkanes of at least 4 members (excludes halogenated alkanes) is 1. The van der Waals surface area contributed by atoms with Crippen molar-refractivity contribution in [2.75, 3.05) is 12.9 Å². The van der Waals surface area contributed by atoms with E-state index in [1.165, 1.54) is 0 Å². The lowest BCUT2D eigenvalue weighted by Crippen LogP contribution is -1.99. The van der Waals surface area contributed by atoms with Crippen molar-refractivity contribution in [3.8, 4) is 0 Å². The Morgan fingerprint density at radius 2 is 2.33 bits per heavy atom. The molecule has 0 aliphatic carbocycles. The molecule has 1 unspecified atom stereocenters. The van der Waals surface area contributed by atoms with E-state index >= 15 is 0 Å². The van der Waals surface area contributed by atoms with Crippen molar-refractivity contribution < 1.29 is 9.42 Å². The number of nitrogens with two attached hydrogens (primary N) is 1.